The Morgan fingerprint density at radius 2 is 1.94 bits per heavy atom. The minimum absolute atomic E-state index is 0.0709. The smallest absolute Gasteiger partial charge is 0.293 e. The van der Waals surface area contributed by atoms with Crippen LogP contribution in [0.2, 0.25) is 19.1 Å². The molecule has 2 amide bonds. The van der Waals surface area contributed by atoms with Gasteiger partial charge >= 0.3 is 0 Å². The number of carbonyl (C=O) groups excluding carboxylic acids is 2. The number of carbonyl (C=O) groups is 2. The third-order valence-electron chi connectivity index (χ3n) is 6.50. The molecule has 3 heterocycles. The van der Waals surface area contributed by atoms with Crippen LogP contribution in [0.25, 0.3) is 0 Å². The third-order valence-corrected chi connectivity index (χ3v) is 10.1. The zero-order chi connectivity index (χ0) is 26.2. The molecule has 0 saturated carbocycles. The Labute approximate surface area is 206 Å². The second-order valence-corrected chi connectivity index (χ2v) is 14.1. The predicted octanol–water partition coefficient (Wildman–Crippen LogP) is 2.96. The first kappa shape index (κ1) is 25.3. The van der Waals surface area contributed by atoms with Crippen molar-refractivity contribution in [2.75, 3.05) is 19.0 Å². The molecule has 36 heavy (non-hydrogen) atoms. The zero-order valence-electron chi connectivity index (χ0n) is 20.3. The van der Waals surface area contributed by atoms with E-state index in [0.29, 0.717) is 29.6 Å². The van der Waals surface area contributed by atoms with Gasteiger partial charge in [0.05, 0.1) is 26.9 Å². The number of aromatic amines is 1. The standard InChI is InChI=1S/C24H26F2N4O5Si/c1-5-36(3,4)22-15(25)10-13(11-16(22)26)27-23(32)21-14-6-7-20(34-2)28-17(14)8-9-30(21)24(33)18-12-19(31)29-35-18/h6-7,10-12,21H,5,8-9H2,1-4H3,(H,27,32)(H,29,31). The number of hydrogen-bond donors (Lipinski definition) is 2. The number of halogens is 2. The molecule has 2 N–H and O–H groups in total. The van der Waals surface area contributed by atoms with Crippen LogP contribution in [0.1, 0.15) is 34.8 Å². The molecule has 0 aliphatic carbocycles. The maximum Gasteiger partial charge on any atom is 0.293 e. The van der Waals surface area contributed by atoms with E-state index in [1.807, 2.05) is 20.0 Å². The molecule has 1 aliphatic heterocycles. The highest BCUT2D eigenvalue weighted by Gasteiger charge is 2.39. The summed E-state index contributed by atoms with van der Waals surface area (Å²) < 4.78 is 40.0. The van der Waals surface area contributed by atoms with E-state index in [1.54, 1.807) is 12.1 Å². The number of methoxy groups -OCH3 is 1. The Morgan fingerprint density at radius 3 is 2.53 bits per heavy atom. The first-order valence-corrected chi connectivity index (χ1v) is 14.6. The quantitative estimate of drug-likeness (QED) is 0.487. The van der Waals surface area contributed by atoms with Crippen LogP contribution in [0.4, 0.5) is 14.5 Å². The van der Waals surface area contributed by atoms with Crippen molar-refractivity contribution in [2.45, 2.75) is 38.5 Å². The molecule has 1 aliphatic rings. The molecule has 12 heteroatoms. The number of aromatic nitrogens is 2. The number of hydrogen-bond acceptors (Lipinski definition) is 6. The van der Waals surface area contributed by atoms with Gasteiger partial charge in [-0.25, -0.2) is 13.8 Å². The van der Waals surface area contributed by atoms with Crippen molar-refractivity contribution in [3.8, 4) is 5.88 Å². The summed E-state index contributed by atoms with van der Waals surface area (Å²) in [6, 6.07) is 5.78. The molecule has 0 spiro atoms. The first-order chi connectivity index (χ1) is 17.1. The number of nitrogens with zero attached hydrogens (tertiary/aromatic N) is 2. The van der Waals surface area contributed by atoms with Crippen molar-refractivity contribution in [3.63, 3.8) is 0 Å². The van der Waals surface area contributed by atoms with Gasteiger partial charge in [-0.3, -0.25) is 14.4 Å². The lowest BCUT2D eigenvalue weighted by atomic mass is 9.95. The number of benzene rings is 1. The van der Waals surface area contributed by atoms with E-state index in [2.05, 4.69) is 15.5 Å². The summed E-state index contributed by atoms with van der Waals surface area (Å²) >= 11 is 0. The van der Waals surface area contributed by atoms with Crippen molar-refractivity contribution in [3.05, 3.63) is 69.3 Å². The van der Waals surface area contributed by atoms with Gasteiger partial charge in [-0.1, -0.05) is 26.1 Å². The van der Waals surface area contributed by atoms with Gasteiger partial charge in [0, 0.05) is 35.5 Å². The normalized spacial score (nSPS) is 15.4. The van der Waals surface area contributed by atoms with Gasteiger partial charge in [0.15, 0.2) is 0 Å². The summed E-state index contributed by atoms with van der Waals surface area (Å²) in [7, 11) is -0.871. The second-order valence-electron chi connectivity index (χ2n) is 9.16. The van der Waals surface area contributed by atoms with Crippen molar-refractivity contribution < 1.29 is 27.6 Å². The Hall–Kier alpha value is -3.80. The van der Waals surface area contributed by atoms with Crippen LogP contribution >= 0.6 is 0 Å². The van der Waals surface area contributed by atoms with Crippen molar-refractivity contribution >= 4 is 30.8 Å². The van der Waals surface area contributed by atoms with E-state index in [1.165, 1.54) is 12.0 Å². The fraction of sp³-hybridized carbons (Fsp3) is 0.333. The molecule has 0 bridgehead atoms. The number of anilines is 1. The fourth-order valence-corrected chi connectivity index (χ4v) is 6.08. The van der Waals surface area contributed by atoms with Gasteiger partial charge in [0.1, 0.15) is 17.7 Å². The van der Waals surface area contributed by atoms with Crippen molar-refractivity contribution in [1.29, 1.82) is 0 Å². The van der Waals surface area contributed by atoms with Gasteiger partial charge in [0.2, 0.25) is 11.6 Å². The molecule has 9 nitrogen and oxygen atoms in total. The lowest BCUT2D eigenvalue weighted by Crippen LogP contribution is -2.46. The number of fused-ring (bicyclic) bond motifs is 1. The van der Waals surface area contributed by atoms with Crippen LogP contribution in [-0.4, -0.2) is 48.6 Å². The summed E-state index contributed by atoms with van der Waals surface area (Å²) in [6.45, 7) is 5.71. The van der Waals surface area contributed by atoms with Gasteiger partial charge in [-0.05, 0) is 18.2 Å². The summed E-state index contributed by atoms with van der Waals surface area (Å²) in [5.41, 5.74) is 0.280. The minimum Gasteiger partial charge on any atom is -0.481 e. The van der Waals surface area contributed by atoms with Crippen LogP contribution in [0, 0.1) is 11.6 Å². The van der Waals surface area contributed by atoms with E-state index in [4.69, 9.17) is 9.26 Å². The predicted molar refractivity (Wildman–Crippen MR) is 130 cm³/mol. The molecule has 1 atom stereocenters. The monoisotopic (exact) mass is 516 g/mol. The number of pyridine rings is 1. The van der Waals surface area contributed by atoms with E-state index >= 15 is 0 Å². The maximum absolute atomic E-state index is 14.9. The van der Waals surface area contributed by atoms with Crippen molar-refractivity contribution in [2.24, 2.45) is 0 Å². The molecular weight excluding hydrogens is 490 g/mol. The fourth-order valence-electron chi connectivity index (χ4n) is 4.29. The first-order valence-electron chi connectivity index (χ1n) is 11.4. The second kappa shape index (κ2) is 9.68. The third kappa shape index (κ3) is 4.68. The van der Waals surface area contributed by atoms with Crippen LogP contribution in [-0.2, 0) is 11.2 Å². The Kier molecular flexibility index (Phi) is 6.80. The maximum atomic E-state index is 14.9. The zero-order valence-corrected chi connectivity index (χ0v) is 21.3. The Balaban J connectivity index is 1.72. The van der Waals surface area contributed by atoms with Gasteiger partial charge in [0.25, 0.3) is 17.4 Å². The number of nitrogens with one attached hydrogen (secondary N) is 2. The average molecular weight is 517 g/mol. The largest absolute Gasteiger partial charge is 0.481 e. The molecule has 0 saturated heterocycles. The van der Waals surface area contributed by atoms with E-state index in [9.17, 15) is 23.2 Å². The van der Waals surface area contributed by atoms with Gasteiger partial charge in [-0.2, -0.15) is 5.16 Å². The molecule has 4 rings (SSSR count). The Morgan fingerprint density at radius 1 is 1.25 bits per heavy atom. The highest BCUT2D eigenvalue weighted by atomic mass is 28.3. The SMILES string of the molecule is CC[Si](C)(C)c1c(F)cc(NC(=O)C2c3ccc(OC)nc3CCN2C(=O)c2cc(=O)[nH]o2)cc1F. The van der Waals surface area contributed by atoms with Crippen LogP contribution in [0.3, 0.4) is 0 Å². The number of ether oxygens (including phenoxy) is 1. The highest BCUT2D eigenvalue weighted by molar-refractivity contribution is 6.89. The summed E-state index contributed by atoms with van der Waals surface area (Å²) in [5, 5.41) is 4.67. The number of rotatable bonds is 6. The molecule has 0 fully saturated rings. The number of H-pyrrole nitrogens is 1. The summed E-state index contributed by atoms with van der Waals surface area (Å²) in [5.74, 6) is -2.77. The molecule has 2 aromatic heterocycles. The lowest BCUT2D eigenvalue weighted by Gasteiger charge is -2.35. The topological polar surface area (TPSA) is 118 Å². The van der Waals surface area contributed by atoms with Crippen LogP contribution in [0.5, 0.6) is 5.88 Å². The summed E-state index contributed by atoms with van der Waals surface area (Å²) in [6.07, 6.45) is 0.311. The molecule has 0 radical (unpaired) electrons. The van der Waals surface area contributed by atoms with Crippen molar-refractivity contribution in [1.82, 2.24) is 15.0 Å². The Bertz CT molecular complexity index is 1360. The van der Waals surface area contributed by atoms with E-state index in [0.717, 1.165) is 18.2 Å². The molecular formula is C24H26F2N4O5Si. The van der Waals surface area contributed by atoms with Gasteiger partial charge in [-0.15, -0.1) is 0 Å². The minimum atomic E-state index is -2.33. The van der Waals surface area contributed by atoms with E-state index < -0.39 is 43.1 Å². The molecule has 1 aromatic carbocycles. The highest BCUT2D eigenvalue weighted by Crippen LogP contribution is 2.33. The average Bonchev–Trinajstić information content (AvgIpc) is 3.27. The van der Waals surface area contributed by atoms with E-state index in [-0.39, 0.29) is 23.2 Å². The number of amides is 2. The van der Waals surface area contributed by atoms with Crippen LogP contribution < -0.4 is 20.8 Å². The molecule has 1 unspecified atom stereocenters. The summed E-state index contributed by atoms with van der Waals surface area (Å²) in [4.78, 5) is 43.7. The lowest BCUT2D eigenvalue weighted by molar-refractivity contribution is -0.121. The molecule has 190 valence electrons. The van der Waals surface area contributed by atoms with Gasteiger partial charge < -0.3 is 19.5 Å². The van der Waals surface area contributed by atoms with Crippen LogP contribution in [0.15, 0.2) is 39.6 Å². The molecule has 3 aromatic rings.